The van der Waals surface area contributed by atoms with Crippen LogP contribution in [0.4, 0.5) is 16.3 Å². The lowest BCUT2D eigenvalue weighted by Crippen LogP contribution is -2.31. The lowest BCUT2D eigenvalue weighted by molar-refractivity contribution is -0.120. The van der Waals surface area contributed by atoms with Crippen LogP contribution in [0.3, 0.4) is 0 Å². The summed E-state index contributed by atoms with van der Waals surface area (Å²) in [6.07, 6.45) is 0.396. The molecule has 0 atom stereocenters. The summed E-state index contributed by atoms with van der Waals surface area (Å²) in [6.45, 7) is 10.1. The molecule has 0 bridgehead atoms. The number of aryl methyl sites for hydroxylation is 1. The molecule has 8 nitrogen and oxygen atoms in total. The minimum absolute atomic E-state index is 0.0135. The smallest absolute Gasteiger partial charge is 0.327 e. The number of nitrogens with one attached hydrogen (secondary N) is 2. The van der Waals surface area contributed by atoms with E-state index in [4.69, 9.17) is 0 Å². The van der Waals surface area contributed by atoms with E-state index >= 15 is 0 Å². The molecule has 2 aromatic heterocycles. The average molecular weight is 456 g/mol. The zero-order valence-electron chi connectivity index (χ0n) is 19.3. The summed E-state index contributed by atoms with van der Waals surface area (Å²) < 4.78 is 1.42. The van der Waals surface area contributed by atoms with Gasteiger partial charge < -0.3 is 15.5 Å². The first-order valence-electron chi connectivity index (χ1n) is 10.4. The molecule has 3 amide bonds. The van der Waals surface area contributed by atoms with Gasteiger partial charge in [0.2, 0.25) is 5.91 Å². The Labute approximate surface area is 191 Å². The number of fused-ring (bicyclic) bond motifs is 1. The molecule has 0 fully saturated rings. The van der Waals surface area contributed by atoms with E-state index in [1.807, 2.05) is 46.8 Å². The Kier molecular flexibility index (Phi) is 6.68. The van der Waals surface area contributed by atoms with Crippen LogP contribution in [0.25, 0.3) is 10.9 Å². The van der Waals surface area contributed by atoms with Crippen LogP contribution in [-0.4, -0.2) is 41.0 Å². The van der Waals surface area contributed by atoms with E-state index in [1.165, 1.54) is 15.9 Å². The van der Waals surface area contributed by atoms with Crippen LogP contribution in [-0.2, 0) is 4.79 Å². The average Bonchev–Trinajstić information content (AvgIpc) is 3.28. The van der Waals surface area contributed by atoms with Gasteiger partial charge >= 0.3 is 6.03 Å². The summed E-state index contributed by atoms with van der Waals surface area (Å²) in [5, 5.41) is 8.80. The molecule has 32 heavy (non-hydrogen) atoms. The van der Waals surface area contributed by atoms with Crippen molar-refractivity contribution in [2.75, 3.05) is 23.8 Å². The maximum atomic E-state index is 12.9. The Morgan fingerprint density at radius 3 is 2.50 bits per heavy atom. The van der Waals surface area contributed by atoms with Gasteiger partial charge in [0.1, 0.15) is 11.5 Å². The topological polar surface area (TPSA) is 96.3 Å². The van der Waals surface area contributed by atoms with Crippen LogP contribution >= 0.6 is 11.3 Å². The van der Waals surface area contributed by atoms with Gasteiger partial charge in [0.05, 0.1) is 10.5 Å². The standard InChI is InChI=1S/C23H29N5O3S/c1-7-24-22(31)28-18-11-16(27(6)20(29)12-23(3,4)5)9-8-15(18)10-19(28)26-21(30)17-13-32-14(2)25-17/h8-11,13H,7,12H2,1-6H3,(H,24,31)(H,26,30). The number of nitrogens with zero attached hydrogens (tertiary/aromatic N) is 3. The number of amides is 3. The summed E-state index contributed by atoms with van der Waals surface area (Å²) >= 11 is 1.38. The minimum atomic E-state index is -0.389. The maximum Gasteiger partial charge on any atom is 0.327 e. The summed E-state index contributed by atoms with van der Waals surface area (Å²) in [5.74, 6) is -0.0665. The number of benzene rings is 1. The predicted octanol–water partition coefficient (Wildman–Crippen LogP) is 4.64. The van der Waals surface area contributed by atoms with Gasteiger partial charge in [-0.1, -0.05) is 26.8 Å². The van der Waals surface area contributed by atoms with Gasteiger partial charge in [-0.05, 0) is 37.5 Å². The quantitative estimate of drug-likeness (QED) is 0.586. The fourth-order valence-corrected chi connectivity index (χ4v) is 3.90. The first kappa shape index (κ1) is 23.5. The molecule has 3 aromatic rings. The lowest BCUT2D eigenvalue weighted by atomic mass is 9.91. The number of aromatic nitrogens is 2. The maximum absolute atomic E-state index is 12.9. The summed E-state index contributed by atoms with van der Waals surface area (Å²) in [5.41, 5.74) is 1.42. The van der Waals surface area contributed by atoms with Crippen molar-refractivity contribution >= 4 is 51.6 Å². The fraction of sp³-hybridized carbons (Fsp3) is 0.391. The second-order valence-electron chi connectivity index (χ2n) is 8.84. The molecule has 3 rings (SSSR count). The second-order valence-corrected chi connectivity index (χ2v) is 9.90. The number of carbonyl (C=O) groups excluding carboxylic acids is 3. The molecule has 0 saturated carbocycles. The molecule has 170 valence electrons. The first-order valence-corrected chi connectivity index (χ1v) is 11.3. The van der Waals surface area contributed by atoms with Gasteiger partial charge in [-0.25, -0.2) is 14.3 Å². The fourth-order valence-electron chi connectivity index (χ4n) is 3.30. The molecule has 2 heterocycles. The van der Waals surface area contributed by atoms with Crippen LogP contribution in [0.15, 0.2) is 29.6 Å². The Bertz CT molecular complexity index is 1170. The molecule has 0 aliphatic carbocycles. The van der Waals surface area contributed by atoms with Gasteiger partial charge in [0, 0.05) is 36.5 Å². The van der Waals surface area contributed by atoms with Gasteiger partial charge in [-0.2, -0.15) is 0 Å². The number of rotatable bonds is 5. The van der Waals surface area contributed by atoms with Crippen molar-refractivity contribution in [1.29, 1.82) is 0 Å². The highest BCUT2D eigenvalue weighted by molar-refractivity contribution is 7.09. The van der Waals surface area contributed by atoms with Crippen molar-refractivity contribution in [3.8, 4) is 0 Å². The van der Waals surface area contributed by atoms with E-state index in [1.54, 1.807) is 29.5 Å². The number of carbonyl (C=O) groups is 3. The first-order chi connectivity index (χ1) is 15.0. The van der Waals surface area contributed by atoms with Crippen molar-refractivity contribution in [1.82, 2.24) is 14.9 Å². The number of hydrogen-bond acceptors (Lipinski definition) is 5. The zero-order valence-corrected chi connectivity index (χ0v) is 20.1. The van der Waals surface area contributed by atoms with Crippen LogP contribution in [0.1, 0.15) is 49.6 Å². The summed E-state index contributed by atoms with van der Waals surface area (Å²) in [6, 6.07) is 6.83. The van der Waals surface area contributed by atoms with Gasteiger partial charge in [0.15, 0.2) is 0 Å². The van der Waals surface area contributed by atoms with Crippen molar-refractivity contribution in [3.05, 3.63) is 40.3 Å². The molecule has 0 saturated heterocycles. The van der Waals surface area contributed by atoms with Gasteiger partial charge in [0.25, 0.3) is 5.91 Å². The van der Waals surface area contributed by atoms with E-state index in [-0.39, 0.29) is 23.3 Å². The van der Waals surface area contributed by atoms with Crippen LogP contribution in [0.2, 0.25) is 0 Å². The predicted molar refractivity (Wildman–Crippen MR) is 129 cm³/mol. The minimum Gasteiger partial charge on any atom is -0.338 e. The van der Waals surface area contributed by atoms with Crippen molar-refractivity contribution in [3.63, 3.8) is 0 Å². The van der Waals surface area contributed by atoms with E-state index in [0.29, 0.717) is 35.7 Å². The third-order valence-corrected chi connectivity index (χ3v) is 5.63. The Hall–Kier alpha value is -3.20. The van der Waals surface area contributed by atoms with Crippen LogP contribution < -0.4 is 15.5 Å². The molecule has 9 heteroatoms. The highest BCUT2D eigenvalue weighted by atomic mass is 32.1. The molecule has 1 aromatic carbocycles. The van der Waals surface area contributed by atoms with E-state index in [0.717, 1.165) is 10.4 Å². The normalized spacial score (nSPS) is 11.4. The van der Waals surface area contributed by atoms with Crippen molar-refractivity contribution < 1.29 is 14.4 Å². The molecule has 0 aliphatic heterocycles. The Morgan fingerprint density at radius 1 is 1.19 bits per heavy atom. The molecule has 0 radical (unpaired) electrons. The molecule has 2 N–H and O–H groups in total. The number of hydrogen-bond donors (Lipinski definition) is 2. The highest BCUT2D eigenvalue weighted by Crippen LogP contribution is 2.29. The monoisotopic (exact) mass is 455 g/mol. The molecule has 0 unspecified atom stereocenters. The van der Waals surface area contributed by atoms with E-state index < -0.39 is 0 Å². The number of anilines is 2. The zero-order chi connectivity index (χ0) is 23.6. The summed E-state index contributed by atoms with van der Waals surface area (Å²) in [4.78, 5) is 44.0. The Balaban J connectivity index is 2.01. The number of thiazole rings is 1. The largest absolute Gasteiger partial charge is 0.338 e. The third-order valence-electron chi connectivity index (χ3n) is 4.86. The van der Waals surface area contributed by atoms with Crippen molar-refractivity contribution in [2.45, 2.75) is 41.0 Å². The van der Waals surface area contributed by atoms with Gasteiger partial charge in [-0.3, -0.25) is 9.59 Å². The Morgan fingerprint density at radius 2 is 1.91 bits per heavy atom. The molecule has 0 aliphatic rings. The third kappa shape index (κ3) is 5.16. The van der Waals surface area contributed by atoms with E-state index in [9.17, 15) is 14.4 Å². The van der Waals surface area contributed by atoms with Crippen LogP contribution in [0.5, 0.6) is 0 Å². The van der Waals surface area contributed by atoms with Gasteiger partial charge in [-0.15, -0.1) is 11.3 Å². The summed E-state index contributed by atoms with van der Waals surface area (Å²) in [7, 11) is 1.72. The van der Waals surface area contributed by atoms with Crippen molar-refractivity contribution in [2.24, 2.45) is 5.41 Å². The highest BCUT2D eigenvalue weighted by Gasteiger charge is 2.22. The lowest BCUT2D eigenvalue weighted by Gasteiger charge is -2.23. The van der Waals surface area contributed by atoms with E-state index in [2.05, 4.69) is 15.6 Å². The SMILES string of the molecule is CCNC(=O)n1c(NC(=O)c2csc(C)n2)cc2ccc(N(C)C(=O)CC(C)(C)C)cc21. The molecular formula is C23H29N5O3S. The second kappa shape index (κ2) is 9.12. The molecular weight excluding hydrogens is 426 g/mol. The van der Waals surface area contributed by atoms with Crippen LogP contribution in [0, 0.1) is 12.3 Å². The molecule has 0 spiro atoms.